The zero-order valence-electron chi connectivity index (χ0n) is 11.9. The molecule has 0 atom stereocenters. The maximum atomic E-state index is 11.3. The highest BCUT2D eigenvalue weighted by Crippen LogP contribution is 2.33. The third kappa shape index (κ3) is 4.65. The van der Waals surface area contributed by atoms with Gasteiger partial charge in [-0.1, -0.05) is 45.0 Å². The number of aliphatic carboxylic acids is 1. The summed E-state index contributed by atoms with van der Waals surface area (Å²) in [6, 6.07) is 1.83. The predicted octanol–water partition coefficient (Wildman–Crippen LogP) is 4.57. The lowest BCUT2D eigenvalue weighted by Crippen LogP contribution is -2.35. The van der Waals surface area contributed by atoms with Gasteiger partial charge >= 0.3 is 5.97 Å². The van der Waals surface area contributed by atoms with E-state index in [4.69, 9.17) is 0 Å². The van der Waals surface area contributed by atoms with Crippen LogP contribution in [0.2, 0.25) is 17.6 Å². The lowest BCUT2D eigenvalue weighted by molar-refractivity contribution is -0.132. The molecular formula is C15H26O2Si. The summed E-state index contributed by atoms with van der Waals surface area (Å²) >= 11 is 0. The summed E-state index contributed by atoms with van der Waals surface area (Å²) in [4.78, 5) is 11.3. The number of carbonyl (C=O) groups is 1. The van der Waals surface area contributed by atoms with Crippen molar-refractivity contribution in [3.63, 3.8) is 0 Å². The maximum absolute atomic E-state index is 11.3. The number of carboxylic acids is 1. The molecule has 0 amide bonds. The molecule has 0 bridgehead atoms. The van der Waals surface area contributed by atoms with Crippen molar-refractivity contribution in [1.82, 2.24) is 0 Å². The van der Waals surface area contributed by atoms with Crippen LogP contribution in [0, 0.1) is 0 Å². The average molecular weight is 266 g/mol. The fourth-order valence-corrected chi connectivity index (χ4v) is 5.95. The van der Waals surface area contributed by atoms with Crippen molar-refractivity contribution in [1.29, 1.82) is 0 Å². The zero-order chi connectivity index (χ0) is 14.2. The van der Waals surface area contributed by atoms with Gasteiger partial charge in [0.25, 0.3) is 0 Å². The quantitative estimate of drug-likeness (QED) is 0.377. The smallest absolute Gasteiger partial charge is 0.330 e. The first-order valence-electron chi connectivity index (χ1n) is 6.60. The van der Waals surface area contributed by atoms with Crippen LogP contribution in [0.3, 0.4) is 0 Å². The molecule has 102 valence electrons. The molecule has 0 radical (unpaired) electrons. The highest BCUT2D eigenvalue weighted by atomic mass is 28.3. The van der Waals surface area contributed by atoms with Crippen LogP contribution in [0.5, 0.6) is 0 Å². The summed E-state index contributed by atoms with van der Waals surface area (Å²) in [5.41, 5.74) is 3.13. The third-order valence-electron chi connectivity index (χ3n) is 3.45. The van der Waals surface area contributed by atoms with E-state index in [0.717, 1.165) is 18.5 Å². The van der Waals surface area contributed by atoms with E-state index in [0.29, 0.717) is 17.5 Å². The monoisotopic (exact) mass is 266 g/mol. The van der Waals surface area contributed by atoms with E-state index in [1.54, 1.807) is 0 Å². The summed E-state index contributed by atoms with van der Waals surface area (Å²) in [7, 11) is -1.81. The molecule has 0 aliphatic carbocycles. The number of allylic oxidation sites excluding steroid dienone is 2. The van der Waals surface area contributed by atoms with Crippen molar-refractivity contribution < 1.29 is 9.90 Å². The molecule has 0 spiro atoms. The van der Waals surface area contributed by atoms with Gasteiger partial charge in [0.15, 0.2) is 0 Å². The van der Waals surface area contributed by atoms with Crippen molar-refractivity contribution in [3.8, 4) is 0 Å². The Morgan fingerprint density at radius 1 is 1.28 bits per heavy atom. The van der Waals surface area contributed by atoms with Gasteiger partial charge in [-0.05, 0) is 24.1 Å². The van der Waals surface area contributed by atoms with Crippen LogP contribution in [-0.4, -0.2) is 19.1 Å². The highest BCUT2D eigenvalue weighted by molar-refractivity contribution is 6.86. The maximum Gasteiger partial charge on any atom is 0.330 e. The third-order valence-corrected chi connectivity index (χ3v) is 8.77. The van der Waals surface area contributed by atoms with E-state index < -0.39 is 14.0 Å². The van der Waals surface area contributed by atoms with Crippen LogP contribution < -0.4 is 0 Å². The second kappa shape index (κ2) is 8.09. The molecule has 3 heteroatoms. The van der Waals surface area contributed by atoms with Crippen LogP contribution in [0.1, 0.15) is 33.6 Å². The molecule has 0 heterocycles. The topological polar surface area (TPSA) is 37.3 Å². The normalized spacial score (nSPS) is 12.6. The summed E-state index contributed by atoms with van der Waals surface area (Å²) in [6.07, 6.45) is 5.36. The minimum atomic E-state index is -1.81. The molecule has 0 rings (SSSR count). The van der Waals surface area contributed by atoms with E-state index in [1.165, 1.54) is 0 Å². The zero-order valence-corrected chi connectivity index (χ0v) is 12.9. The molecule has 0 saturated heterocycles. The standard InChI is InChI=1S/C15H26O2Si/c1-6-9-14(15(16)17)12-18(10-7-2,11-8-3)13(4)5/h7-8,12-13H,2-3,6,9-11H2,1,4-5H3,(H,16,17). The molecule has 0 aromatic heterocycles. The summed E-state index contributed by atoms with van der Waals surface area (Å²) < 4.78 is 0. The average Bonchev–Trinajstić information content (AvgIpc) is 2.28. The fourth-order valence-electron chi connectivity index (χ4n) is 2.23. The second-order valence-electron chi connectivity index (χ2n) is 5.10. The van der Waals surface area contributed by atoms with E-state index in [1.807, 2.05) is 19.1 Å². The van der Waals surface area contributed by atoms with Gasteiger partial charge in [0.1, 0.15) is 0 Å². The van der Waals surface area contributed by atoms with E-state index >= 15 is 0 Å². The van der Waals surface area contributed by atoms with Crippen LogP contribution >= 0.6 is 0 Å². The largest absolute Gasteiger partial charge is 0.478 e. The Kier molecular flexibility index (Phi) is 7.60. The first-order chi connectivity index (χ1) is 8.43. The Morgan fingerprint density at radius 2 is 1.78 bits per heavy atom. The minimum absolute atomic E-state index is 0.486. The molecule has 0 unspecified atom stereocenters. The number of carboxylic acid groups (broad SMARTS) is 1. The predicted molar refractivity (Wildman–Crippen MR) is 81.5 cm³/mol. The summed E-state index contributed by atoms with van der Waals surface area (Å²) in [5, 5.41) is 9.29. The molecule has 0 aromatic carbocycles. The molecule has 0 aliphatic rings. The van der Waals surface area contributed by atoms with Crippen molar-refractivity contribution in [3.05, 3.63) is 36.6 Å². The van der Waals surface area contributed by atoms with E-state index in [2.05, 4.69) is 32.7 Å². The van der Waals surface area contributed by atoms with Crippen molar-refractivity contribution in [2.45, 2.75) is 51.2 Å². The molecule has 18 heavy (non-hydrogen) atoms. The van der Waals surface area contributed by atoms with Gasteiger partial charge in [0.05, 0.1) is 8.07 Å². The Bertz CT molecular complexity index is 319. The summed E-state index contributed by atoms with van der Waals surface area (Å²) in [6.45, 7) is 14.0. The van der Waals surface area contributed by atoms with Gasteiger partial charge in [-0.3, -0.25) is 0 Å². The van der Waals surface area contributed by atoms with Crippen molar-refractivity contribution in [2.75, 3.05) is 0 Å². The molecule has 0 fully saturated rings. The molecule has 0 saturated carbocycles. The van der Waals surface area contributed by atoms with Gasteiger partial charge in [0.2, 0.25) is 0 Å². The first-order valence-corrected chi connectivity index (χ1v) is 9.17. The van der Waals surface area contributed by atoms with E-state index in [9.17, 15) is 9.90 Å². The molecular weight excluding hydrogens is 240 g/mol. The van der Waals surface area contributed by atoms with Crippen LogP contribution in [-0.2, 0) is 4.79 Å². The van der Waals surface area contributed by atoms with Gasteiger partial charge in [-0.15, -0.1) is 13.2 Å². The Balaban J connectivity index is 5.50. The molecule has 0 aromatic rings. The minimum Gasteiger partial charge on any atom is -0.478 e. The Labute approximate surface area is 112 Å². The Hall–Kier alpha value is -1.09. The summed E-state index contributed by atoms with van der Waals surface area (Å²) in [5.74, 6) is -0.775. The van der Waals surface area contributed by atoms with Crippen molar-refractivity contribution >= 4 is 14.0 Å². The number of hydrogen-bond donors (Lipinski definition) is 1. The second-order valence-corrected chi connectivity index (χ2v) is 9.82. The Morgan fingerprint density at radius 3 is 2.06 bits per heavy atom. The van der Waals surface area contributed by atoms with Crippen molar-refractivity contribution in [2.24, 2.45) is 0 Å². The van der Waals surface area contributed by atoms with E-state index in [-0.39, 0.29) is 0 Å². The number of hydrogen-bond acceptors (Lipinski definition) is 1. The molecule has 0 aliphatic heterocycles. The van der Waals surface area contributed by atoms with Crippen LogP contribution in [0.15, 0.2) is 36.6 Å². The number of rotatable bonds is 9. The van der Waals surface area contributed by atoms with Gasteiger partial charge in [-0.25, -0.2) is 4.79 Å². The van der Waals surface area contributed by atoms with Gasteiger partial charge in [0, 0.05) is 5.57 Å². The lowest BCUT2D eigenvalue weighted by Gasteiger charge is -2.31. The van der Waals surface area contributed by atoms with Crippen LogP contribution in [0.4, 0.5) is 0 Å². The lowest BCUT2D eigenvalue weighted by atomic mass is 10.2. The van der Waals surface area contributed by atoms with Gasteiger partial charge in [-0.2, -0.15) is 0 Å². The molecule has 1 N–H and O–H groups in total. The first kappa shape index (κ1) is 16.9. The molecule has 2 nitrogen and oxygen atoms in total. The van der Waals surface area contributed by atoms with Gasteiger partial charge < -0.3 is 5.11 Å². The SMILES string of the molecule is C=CC[Si](C=C(CCC)C(=O)O)(CC=C)C(C)C. The highest BCUT2D eigenvalue weighted by Gasteiger charge is 2.33. The fraction of sp³-hybridized carbons (Fsp3) is 0.533. The van der Waals surface area contributed by atoms with Crippen LogP contribution in [0.25, 0.3) is 0 Å².